The van der Waals surface area contributed by atoms with Gasteiger partial charge in [-0.1, -0.05) is 33.4 Å². The average molecular weight is 511 g/mol. The molecule has 1 saturated carbocycles. The van der Waals surface area contributed by atoms with Gasteiger partial charge in [0.05, 0.1) is 0 Å². The van der Waals surface area contributed by atoms with Gasteiger partial charge in [0, 0.05) is 24.2 Å². The number of hydrogen-bond donors (Lipinski definition) is 2. The topological polar surface area (TPSA) is 129 Å². The number of amides is 2. The highest BCUT2D eigenvalue weighted by molar-refractivity contribution is 5.87. The van der Waals surface area contributed by atoms with Gasteiger partial charge in [-0.15, -0.1) is 0 Å². The maximum Gasteiger partial charge on any atom is 0.407 e. The molecule has 0 heterocycles. The monoisotopic (exact) mass is 510 g/mol. The van der Waals surface area contributed by atoms with Gasteiger partial charge in [-0.2, -0.15) is 0 Å². The molecule has 0 spiro atoms. The smallest absolute Gasteiger partial charge is 0.407 e. The predicted octanol–water partition coefficient (Wildman–Crippen LogP) is 4.04. The average Bonchev–Trinajstić information content (AvgIpc) is 2.85. The van der Waals surface area contributed by atoms with E-state index in [4.69, 9.17) is 18.9 Å². The van der Waals surface area contributed by atoms with Crippen molar-refractivity contribution in [2.45, 2.75) is 78.4 Å². The summed E-state index contributed by atoms with van der Waals surface area (Å²) in [5.41, 5.74) is 0.580. The van der Waals surface area contributed by atoms with Crippen LogP contribution in [0.1, 0.15) is 66.2 Å². The van der Waals surface area contributed by atoms with Crippen molar-refractivity contribution in [3.05, 3.63) is 24.3 Å². The number of esters is 2. The van der Waals surface area contributed by atoms with Crippen molar-refractivity contribution in [3.63, 3.8) is 0 Å². The van der Waals surface area contributed by atoms with E-state index < -0.39 is 36.3 Å². The molecule has 36 heavy (non-hydrogen) atoms. The lowest BCUT2D eigenvalue weighted by Gasteiger charge is -2.29. The molecule has 0 aliphatic heterocycles. The number of nitrogens with one attached hydrogen (secondary N) is 2. The zero-order chi connectivity index (χ0) is 27.1. The van der Waals surface area contributed by atoms with Gasteiger partial charge >= 0.3 is 24.1 Å². The van der Waals surface area contributed by atoms with Crippen molar-refractivity contribution < 1.29 is 38.1 Å². The molecule has 1 aliphatic rings. The van der Waals surface area contributed by atoms with Crippen LogP contribution in [0.5, 0.6) is 0 Å². The molecule has 10 nitrogen and oxygen atoms in total. The summed E-state index contributed by atoms with van der Waals surface area (Å²) in [5.74, 6) is -0.500. The third-order valence-corrected chi connectivity index (χ3v) is 5.92. The van der Waals surface area contributed by atoms with E-state index in [1.54, 1.807) is 13.8 Å². The fraction of sp³-hybridized carbons (Fsp3) is 0.692. The van der Waals surface area contributed by atoms with Gasteiger partial charge in [-0.05, 0) is 57.8 Å². The maximum absolute atomic E-state index is 12.2. The Hall–Kier alpha value is -3.04. The minimum absolute atomic E-state index is 0.0158. The van der Waals surface area contributed by atoms with Crippen LogP contribution in [0.25, 0.3) is 0 Å². The second-order valence-corrected chi connectivity index (χ2v) is 9.29. The molecule has 204 valence electrons. The zero-order valence-electron chi connectivity index (χ0n) is 22.1. The number of carbonyl (C=O) groups excluding carboxylic acids is 4. The lowest BCUT2D eigenvalue weighted by Crippen LogP contribution is -2.38. The lowest BCUT2D eigenvalue weighted by atomic mass is 9.81. The van der Waals surface area contributed by atoms with Crippen LogP contribution in [-0.4, -0.2) is 62.6 Å². The standard InChI is InChI=1S/C26H42N2O8/c1-7-21(15-33-23(29)17(3)4)35-25(31)27-13-19-10-9-11-20(12-19)14-28-26(32)36-22(8-2)16-34-24(30)18(5)6/h19-22H,3,5,7-16H2,1-2,4,6H3,(H,27,31)(H,28,32). The summed E-state index contributed by atoms with van der Waals surface area (Å²) in [4.78, 5) is 47.4. The number of alkyl carbamates (subject to hydrolysis) is 2. The molecule has 0 aromatic heterocycles. The molecule has 4 atom stereocenters. The Morgan fingerprint density at radius 2 is 1.17 bits per heavy atom. The first-order valence-electron chi connectivity index (χ1n) is 12.6. The second kappa shape index (κ2) is 16.6. The van der Waals surface area contributed by atoms with Crippen LogP contribution in [0.15, 0.2) is 24.3 Å². The minimum atomic E-state index is -0.546. The summed E-state index contributed by atoms with van der Waals surface area (Å²) in [6.07, 6.45) is 2.66. The Morgan fingerprint density at radius 3 is 1.50 bits per heavy atom. The minimum Gasteiger partial charge on any atom is -0.458 e. The van der Waals surface area contributed by atoms with E-state index in [9.17, 15) is 19.2 Å². The molecule has 0 aromatic rings. The molecule has 0 radical (unpaired) electrons. The Morgan fingerprint density at radius 1 is 0.778 bits per heavy atom. The molecular formula is C26H42N2O8. The third-order valence-electron chi connectivity index (χ3n) is 5.92. The Kier molecular flexibility index (Phi) is 14.3. The van der Waals surface area contributed by atoms with E-state index in [1.807, 2.05) is 13.8 Å². The van der Waals surface area contributed by atoms with Crippen molar-refractivity contribution >= 4 is 24.1 Å². The number of carbonyl (C=O) groups is 4. The summed E-state index contributed by atoms with van der Waals surface area (Å²) < 4.78 is 20.8. The highest BCUT2D eigenvalue weighted by Gasteiger charge is 2.24. The Bertz CT molecular complexity index is 720. The van der Waals surface area contributed by atoms with E-state index in [0.29, 0.717) is 25.9 Å². The highest BCUT2D eigenvalue weighted by atomic mass is 16.6. The number of hydrogen-bond acceptors (Lipinski definition) is 8. The molecule has 1 fully saturated rings. The Balaban J connectivity index is 2.34. The number of rotatable bonds is 14. The van der Waals surface area contributed by atoms with Crippen molar-refractivity contribution in [2.24, 2.45) is 11.8 Å². The second-order valence-electron chi connectivity index (χ2n) is 9.29. The van der Waals surface area contributed by atoms with Crippen LogP contribution >= 0.6 is 0 Å². The number of ether oxygens (including phenoxy) is 4. The first-order valence-corrected chi connectivity index (χ1v) is 12.6. The lowest BCUT2D eigenvalue weighted by molar-refractivity contribution is -0.142. The molecule has 1 aliphatic carbocycles. The first-order chi connectivity index (χ1) is 17.0. The molecule has 0 aromatic carbocycles. The predicted molar refractivity (Wildman–Crippen MR) is 134 cm³/mol. The quantitative estimate of drug-likeness (QED) is 0.203. The maximum atomic E-state index is 12.2. The molecule has 0 saturated heterocycles. The van der Waals surface area contributed by atoms with Crippen LogP contribution in [0.2, 0.25) is 0 Å². The fourth-order valence-corrected chi connectivity index (χ4v) is 3.67. The normalized spacial score (nSPS) is 18.7. The van der Waals surface area contributed by atoms with Gasteiger partial charge in [0.1, 0.15) is 25.4 Å². The summed E-state index contributed by atoms with van der Waals surface area (Å²) in [7, 11) is 0. The van der Waals surface area contributed by atoms with E-state index in [-0.39, 0.29) is 36.2 Å². The van der Waals surface area contributed by atoms with Crippen LogP contribution in [-0.2, 0) is 28.5 Å². The molecule has 1 rings (SSSR count). The van der Waals surface area contributed by atoms with Crippen molar-refractivity contribution in [1.29, 1.82) is 0 Å². The van der Waals surface area contributed by atoms with E-state index in [1.165, 1.54) is 0 Å². The summed E-state index contributed by atoms with van der Waals surface area (Å²) in [6, 6.07) is 0. The van der Waals surface area contributed by atoms with Crippen molar-refractivity contribution in [3.8, 4) is 0 Å². The largest absolute Gasteiger partial charge is 0.458 e. The van der Waals surface area contributed by atoms with Gasteiger partial charge in [0.25, 0.3) is 0 Å². The molecule has 10 heteroatoms. The van der Waals surface area contributed by atoms with E-state index in [0.717, 1.165) is 25.7 Å². The van der Waals surface area contributed by atoms with Crippen LogP contribution in [0.3, 0.4) is 0 Å². The summed E-state index contributed by atoms with van der Waals surface area (Å²) >= 11 is 0. The molecule has 4 unspecified atom stereocenters. The fourth-order valence-electron chi connectivity index (χ4n) is 3.67. The molecule has 0 bridgehead atoms. The summed E-state index contributed by atoms with van der Waals surface area (Å²) in [6.45, 7) is 14.7. The third kappa shape index (κ3) is 12.6. The van der Waals surface area contributed by atoms with Gasteiger partial charge in [-0.3, -0.25) is 0 Å². The van der Waals surface area contributed by atoms with E-state index >= 15 is 0 Å². The zero-order valence-corrected chi connectivity index (χ0v) is 22.1. The van der Waals surface area contributed by atoms with Gasteiger partial charge in [0.2, 0.25) is 0 Å². The highest BCUT2D eigenvalue weighted by Crippen LogP contribution is 2.28. The van der Waals surface area contributed by atoms with Gasteiger partial charge in [0.15, 0.2) is 0 Å². The van der Waals surface area contributed by atoms with Crippen LogP contribution in [0, 0.1) is 11.8 Å². The van der Waals surface area contributed by atoms with E-state index in [2.05, 4.69) is 23.8 Å². The Labute approximate surface area is 214 Å². The van der Waals surface area contributed by atoms with Crippen LogP contribution < -0.4 is 10.6 Å². The van der Waals surface area contributed by atoms with Gasteiger partial charge < -0.3 is 29.6 Å². The van der Waals surface area contributed by atoms with Crippen molar-refractivity contribution in [1.82, 2.24) is 10.6 Å². The molecule has 2 N–H and O–H groups in total. The molecular weight excluding hydrogens is 468 g/mol. The molecule has 2 amide bonds. The van der Waals surface area contributed by atoms with Gasteiger partial charge in [-0.25, -0.2) is 19.2 Å². The SMILES string of the molecule is C=C(C)C(=O)OCC(CC)OC(=O)NCC1CCCC(CNC(=O)OC(CC)COC(=O)C(=C)C)C1. The van der Waals surface area contributed by atoms with Crippen LogP contribution in [0.4, 0.5) is 9.59 Å². The van der Waals surface area contributed by atoms with Crippen molar-refractivity contribution in [2.75, 3.05) is 26.3 Å². The first kappa shape index (κ1) is 31.0. The summed E-state index contributed by atoms with van der Waals surface area (Å²) in [5, 5.41) is 5.60.